The van der Waals surface area contributed by atoms with Gasteiger partial charge in [0.1, 0.15) is 0 Å². The Morgan fingerprint density at radius 3 is 2.00 bits per heavy atom. The van der Waals surface area contributed by atoms with E-state index in [1.807, 2.05) is 0 Å². The average Bonchev–Trinajstić information content (AvgIpc) is 2.86. The Balaban J connectivity index is 2.16. The fraction of sp³-hybridized carbons (Fsp3) is 0.923. The second kappa shape index (κ2) is 6.68. The van der Waals surface area contributed by atoms with E-state index in [-0.39, 0.29) is 0 Å². The molecule has 1 saturated carbocycles. The number of hydrogen-bond donors (Lipinski definition) is 2. The van der Waals surface area contributed by atoms with Crippen LogP contribution >= 0.6 is 12.2 Å². The molecule has 2 aliphatic rings. The number of hydrogen-bond acceptors (Lipinski definition) is 3. The molecular formula is C13H25N3O2S2. The van der Waals surface area contributed by atoms with Crippen molar-refractivity contribution in [2.75, 3.05) is 13.1 Å². The van der Waals surface area contributed by atoms with Crippen LogP contribution in [-0.2, 0) is 10.2 Å². The average molecular weight is 319 g/mol. The quantitative estimate of drug-likeness (QED) is 0.773. The molecule has 0 aromatic heterocycles. The predicted molar refractivity (Wildman–Crippen MR) is 84.7 cm³/mol. The Kier molecular flexibility index (Phi) is 5.39. The van der Waals surface area contributed by atoms with Crippen molar-refractivity contribution < 1.29 is 8.42 Å². The molecule has 3 N–H and O–H groups in total. The Morgan fingerprint density at radius 2 is 1.50 bits per heavy atom. The number of nitrogens with one attached hydrogen (secondary N) is 1. The summed E-state index contributed by atoms with van der Waals surface area (Å²) in [6, 6.07) is 0. The molecule has 5 nitrogen and oxygen atoms in total. The first-order valence-corrected chi connectivity index (χ1v) is 9.40. The maximum Gasteiger partial charge on any atom is 0.280 e. The van der Waals surface area contributed by atoms with Crippen LogP contribution in [0.2, 0.25) is 0 Å². The van der Waals surface area contributed by atoms with E-state index in [0.717, 1.165) is 51.4 Å². The van der Waals surface area contributed by atoms with Crippen molar-refractivity contribution >= 4 is 27.4 Å². The van der Waals surface area contributed by atoms with Crippen LogP contribution in [0.3, 0.4) is 0 Å². The summed E-state index contributed by atoms with van der Waals surface area (Å²) in [5.41, 5.74) is 5.19. The zero-order chi connectivity index (χ0) is 14.6. The summed E-state index contributed by atoms with van der Waals surface area (Å²) in [6.07, 6.45) is 8.70. The normalized spacial score (nSPS) is 25.0. The second-order valence-corrected chi connectivity index (χ2v) is 8.04. The van der Waals surface area contributed by atoms with Crippen LogP contribution in [0, 0.1) is 0 Å². The fourth-order valence-corrected chi connectivity index (χ4v) is 5.14. The summed E-state index contributed by atoms with van der Waals surface area (Å²) in [6.45, 7) is 1.20. The van der Waals surface area contributed by atoms with Gasteiger partial charge in [0, 0.05) is 13.1 Å². The molecule has 116 valence electrons. The highest BCUT2D eigenvalue weighted by Crippen LogP contribution is 2.28. The van der Waals surface area contributed by atoms with E-state index in [9.17, 15) is 8.42 Å². The van der Waals surface area contributed by atoms with Crippen molar-refractivity contribution in [2.45, 2.75) is 63.3 Å². The third kappa shape index (κ3) is 3.69. The minimum Gasteiger partial charge on any atom is -0.392 e. The zero-order valence-electron chi connectivity index (χ0n) is 11.9. The number of thiocarbonyl (C=S) groups is 1. The van der Waals surface area contributed by atoms with Crippen LogP contribution in [0.15, 0.2) is 0 Å². The minimum absolute atomic E-state index is 0.294. The molecule has 7 heteroatoms. The molecule has 1 aliphatic heterocycles. The summed E-state index contributed by atoms with van der Waals surface area (Å²) in [5.74, 6) is 0. The smallest absolute Gasteiger partial charge is 0.280 e. The molecule has 0 unspecified atom stereocenters. The predicted octanol–water partition coefficient (Wildman–Crippen LogP) is 1.69. The maximum atomic E-state index is 12.5. The van der Waals surface area contributed by atoms with Crippen LogP contribution < -0.4 is 10.5 Å². The van der Waals surface area contributed by atoms with Crippen LogP contribution in [0.5, 0.6) is 0 Å². The van der Waals surface area contributed by atoms with Gasteiger partial charge in [0.05, 0.1) is 10.5 Å². The van der Waals surface area contributed by atoms with E-state index < -0.39 is 15.7 Å². The number of nitrogens with two attached hydrogens (primary N) is 1. The monoisotopic (exact) mass is 319 g/mol. The van der Waals surface area contributed by atoms with Gasteiger partial charge in [0.25, 0.3) is 10.2 Å². The highest BCUT2D eigenvalue weighted by molar-refractivity contribution is 7.87. The highest BCUT2D eigenvalue weighted by atomic mass is 32.2. The van der Waals surface area contributed by atoms with Crippen molar-refractivity contribution in [2.24, 2.45) is 5.73 Å². The van der Waals surface area contributed by atoms with Gasteiger partial charge < -0.3 is 5.73 Å². The van der Waals surface area contributed by atoms with E-state index in [0.29, 0.717) is 18.1 Å². The minimum atomic E-state index is -3.48. The first-order valence-electron chi connectivity index (χ1n) is 7.55. The SMILES string of the molecule is NC(=S)C1(NS(=O)(=O)N2CCCC2)CCCCCCC1. The third-order valence-electron chi connectivity index (χ3n) is 4.41. The lowest BCUT2D eigenvalue weighted by Crippen LogP contribution is -2.59. The molecule has 0 radical (unpaired) electrons. The van der Waals surface area contributed by atoms with Crippen LogP contribution in [0.4, 0.5) is 0 Å². The number of nitrogens with zero attached hydrogens (tertiary/aromatic N) is 1. The Bertz CT molecular complexity index is 437. The van der Waals surface area contributed by atoms with Crippen molar-refractivity contribution in [3.8, 4) is 0 Å². The summed E-state index contributed by atoms with van der Waals surface area (Å²) >= 11 is 5.21. The van der Waals surface area contributed by atoms with Gasteiger partial charge in [-0.25, -0.2) is 0 Å². The van der Waals surface area contributed by atoms with Crippen molar-refractivity contribution in [1.29, 1.82) is 0 Å². The molecule has 1 heterocycles. The van der Waals surface area contributed by atoms with Gasteiger partial charge in [-0.2, -0.15) is 17.4 Å². The molecule has 2 fully saturated rings. The lowest BCUT2D eigenvalue weighted by molar-refractivity contribution is 0.358. The summed E-state index contributed by atoms with van der Waals surface area (Å²) in [7, 11) is -3.48. The highest BCUT2D eigenvalue weighted by Gasteiger charge is 2.39. The van der Waals surface area contributed by atoms with E-state index in [4.69, 9.17) is 18.0 Å². The molecule has 0 amide bonds. The summed E-state index contributed by atoms with van der Waals surface area (Å²) < 4.78 is 29.4. The first kappa shape index (κ1) is 16.1. The van der Waals surface area contributed by atoms with Crippen LogP contribution in [0.1, 0.15) is 57.8 Å². The van der Waals surface area contributed by atoms with E-state index in [1.165, 1.54) is 10.7 Å². The standard InChI is InChI=1S/C13H25N3O2S2/c14-12(19)13(8-4-2-1-3-5-9-13)15-20(17,18)16-10-6-7-11-16/h15H,1-11H2,(H2,14,19). The van der Waals surface area contributed by atoms with Gasteiger partial charge in [-0.1, -0.05) is 44.3 Å². The summed E-state index contributed by atoms with van der Waals surface area (Å²) in [4.78, 5) is 0.294. The molecule has 0 aromatic carbocycles. The molecule has 1 aliphatic carbocycles. The van der Waals surface area contributed by atoms with E-state index in [1.54, 1.807) is 0 Å². The van der Waals surface area contributed by atoms with Gasteiger partial charge in [-0.3, -0.25) is 0 Å². The Labute approximate surface area is 127 Å². The second-order valence-electron chi connectivity index (χ2n) is 5.93. The van der Waals surface area contributed by atoms with Gasteiger partial charge in [-0.15, -0.1) is 0 Å². The third-order valence-corrected chi connectivity index (χ3v) is 6.49. The lowest BCUT2D eigenvalue weighted by atomic mass is 9.85. The molecule has 0 bridgehead atoms. The molecular weight excluding hydrogens is 294 g/mol. The van der Waals surface area contributed by atoms with Gasteiger partial charge in [0.15, 0.2) is 0 Å². The van der Waals surface area contributed by atoms with E-state index in [2.05, 4.69) is 4.72 Å². The van der Waals surface area contributed by atoms with Crippen molar-refractivity contribution in [3.05, 3.63) is 0 Å². The Hall–Kier alpha value is -0.240. The van der Waals surface area contributed by atoms with Gasteiger partial charge in [-0.05, 0) is 25.7 Å². The van der Waals surface area contributed by atoms with Gasteiger partial charge >= 0.3 is 0 Å². The summed E-state index contributed by atoms with van der Waals surface area (Å²) in [5, 5.41) is 0. The van der Waals surface area contributed by atoms with Crippen LogP contribution in [0.25, 0.3) is 0 Å². The molecule has 0 spiro atoms. The molecule has 2 rings (SSSR count). The molecule has 20 heavy (non-hydrogen) atoms. The molecule has 0 atom stereocenters. The maximum absolute atomic E-state index is 12.5. The molecule has 0 aromatic rings. The topological polar surface area (TPSA) is 75.4 Å². The van der Waals surface area contributed by atoms with E-state index >= 15 is 0 Å². The first-order chi connectivity index (χ1) is 9.46. The van der Waals surface area contributed by atoms with Crippen molar-refractivity contribution in [1.82, 2.24) is 9.03 Å². The van der Waals surface area contributed by atoms with Gasteiger partial charge in [0.2, 0.25) is 0 Å². The Morgan fingerprint density at radius 1 is 1.00 bits per heavy atom. The largest absolute Gasteiger partial charge is 0.392 e. The lowest BCUT2D eigenvalue weighted by Gasteiger charge is -2.36. The fourth-order valence-electron chi connectivity index (χ4n) is 3.15. The molecule has 1 saturated heterocycles. The zero-order valence-corrected chi connectivity index (χ0v) is 13.6. The number of rotatable bonds is 4. The van der Waals surface area contributed by atoms with Crippen LogP contribution in [-0.4, -0.2) is 36.3 Å². The van der Waals surface area contributed by atoms with Crippen molar-refractivity contribution in [3.63, 3.8) is 0 Å².